The Labute approximate surface area is 156 Å². The molecule has 4 rings (SSSR count). The molecule has 26 heavy (non-hydrogen) atoms. The van der Waals surface area contributed by atoms with Crippen LogP contribution in [0.15, 0.2) is 89.9 Å². The summed E-state index contributed by atoms with van der Waals surface area (Å²) in [7, 11) is 0. The number of hydrogen-bond acceptors (Lipinski definition) is 2. The number of para-hydroxylation sites is 1. The number of aliphatic imine (C=N–C) groups is 1. The second-order valence-electron chi connectivity index (χ2n) is 5.91. The lowest BCUT2D eigenvalue weighted by molar-refractivity contribution is 1.37. The van der Waals surface area contributed by atoms with Gasteiger partial charge in [-0.25, -0.2) is 9.98 Å². The number of fused-ring (bicyclic) bond motifs is 1. The molecular weight excluding hydrogens is 342 g/mol. The topological polar surface area (TPSA) is 51.3 Å². The van der Waals surface area contributed by atoms with E-state index in [2.05, 4.69) is 4.99 Å². The van der Waals surface area contributed by atoms with Crippen LogP contribution in [0.5, 0.6) is 0 Å². The monoisotopic (exact) mass is 357 g/mol. The molecule has 0 amide bonds. The molecule has 0 fully saturated rings. The Bertz CT molecular complexity index is 1090. The summed E-state index contributed by atoms with van der Waals surface area (Å²) in [5.41, 5.74) is 10.6. The quantitative estimate of drug-likeness (QED) is 0.383. The Balaban J connectivity index is 1.89. The third kappa shape index (κ3) is 3.30. The minimum atomic E-state index is 0.476. The molecule has 0 aliphatic rings. The molecule has 4 aromatic rings. The van der Waals surface area contributed by atoms with Gasteiger partial charge >= 0.3 is 0 Å². The predicted octanol–water partition coefficient (Wildman–Crippen LogP) is 5.59. The first-order valence-corrected chi connectivity index (χ1v) is 8.64. The van der Waals surface area contributed by atoms with Gasteiger partial charge in [0.15, 0.2) is 0 Å². The Morgan fingerprint density at radius 3 is 2.31 bits per heavy atom. The molecular formula is C22H16ClN3. The lowest BCUT2D eigenvalue weighted by atomic mass is 10.1. The fourth-order valence-electron chi connectivity index (χ4n) is 2.82. The number of nitrogens with two attached hydrogens (primary N) is 1. The van der Waals surface area contributed by atoms with Crippen LogP contribution in [0.3, 0.4) is 0 Å². The van der Waals surface area contributed by atoms with Crippen molar-refractivity contribution < 1.29 is 0 Å². The number of rotatable bonds is 3. The van der Waals surface area contributed by atoms with E-state index < -0.39 is 0 Å². The number of halogens is 1. The molecule has 0 saturated heterocycles. The van der Waals surface area contributed by atoms with Gasteiger partial charge in [-0.2, -0.15) is 0 Å². The third-order valence-electron chi connectivity index (χ3n) is 4.14. The summed E-state index contributed by atoms with van der Waals surface area (Å²) in [5, 5.41) is 1.66. The smallest absolute Gasteiger partial charge is 0.131 e. The van der Waals surface area contributed by atoms with E-state index in [1.807, 2.05) is 84.9 Å². The standard InChI is InChI=1S/C22H16ClN3/c23-17-12-10-15(11-13-17)20-14-21(18-8-4-5-9-19(18)25-20)26-22(24)16-6-2-1-3-7-16/h1-14H,(H2,24,25,26). The molecule has 3 aromatic carbocycles. The Kier molecular flexibility index (Phi) is 4.38. The molecule has 0 aliphatic heterocycles. The van der Waals surface area contributed by atoms with Crippen molar-refractivity contribution in [3.63, 3.8) is 0 Å². The van der Waals surface area contributed by atoms with Crippen LogP contribution in [0, 0.1) is 0 Å². The zero-order valence-corrected chi connectivity index (χ0v) is 14.7. The minimum absolute atomic E-state index is 0.476. The molecule has 1 heterocycles. The van der Waals surface area contributed by atoms with Gasteiger partial charge in [-0.15, -0.1) is 0 Å². The number of nitrogens with zero attached hydrogens (tertiary/aromatic N) is 2. The second kappa shape index (κ2) is 6.98. The number of pyridine rings is 1. The molecule has 0 atom stereocenters. The average Bonchev–Trinajstić information content (AvgIpc) is 2.69. The Morgan fingerprint density at radius 1 is 0.846 bits per heavy atom. The molecule has 0 unspecified atom stereocenters. The van der Waals surface area contributed by atoms with Gasteiger partial charge in [-0.05, 0) is 24.3 Å². The highest BCUT2D eigenvalue weighted by Crippen LogP contribution is 2.31. The van der Waals surface area contributed by atoms with Crippen molar-refractivity contribution in [1.29, 1.82) is 0 Å². The maximum absolute atomic E-state index is 6.24. The fraction of sp³-hybridized carbons (Fsp3) is 0. The first-order chi connectivity index (χ1) is 12.7. The van der Waals surface area contributed by atoms with E-state index in [1.54, 1.807) is 0 Å². The molecule has 2 N–H and O–H groups in total. The molecule has 4 heteroatoms. The summed E-state index contributed by atoms with van der Waals surface area (Å²) < 4.78 is 0. The largest absolute Gasteiger partial charge is 0.383 e. The average molecular weight is 358 g/mol. The summed E-state index contributed by atoms with van der Waals surface area (Å²) in [6.07, 6.45) is 0. The van der Waals surface area contributed by atoms with E-state index in [9.17, 15) is 0 Å². The SMILES string of the molecule is NC(=Nc1cc(-c2ccc(Cl)cc2)nc2ccccc12)c1ccccc1. The van der Waals surface area contributed by atoms with Crippen molar-refractivity contribution in [2.45, 2.75) is 0 Å². The highest BCUT2D eigenvalue weighted by atomic mass is 35.5. The first kappa shape index (κ1) is 16.3. The van der Waals surface area contributed by atoms with Gasteiger partial charge in [-0.3, -0.25) is 0 Å². The molecule has 1 aromatic heterocycles. The van der Waals surface area contributed by atoms with Crippen LogP contribution in [0.1, 0.15) is 5.56 Å². The van der Waals surface area contributed by atoms with Crippen molar-refractivity contribution in [2.75, 3.05) is 0 Å². The van der Waals surface area contributed by atoms with Gasteiger partial charge in [0, 0.05) is 21.5 Å². The number of benzene rings is 3. The first-order valence-electron chi connectivity index (χ1n) is 8.26. The second-order valence-corrected chi connectivity index (χ2v) is 6.35. The predicted molar refractivity (Wildman–Crippen MR) is 109 cm³/mol. The number of amidine groups is 1. The summed E-state index contributed by atoms with van der Waals surface area (Å²) in [6, 6.07) is 27.2. The summed E-state index contributed by atoms with van der Waals surface area (Å²) in [4.78, 5) is 9.45. The van der Waals surface area contributed by atoms with E-state index in [4.69, 9.17) is 22.3 Å². The van der Waals surface area contributed by atoms with Crippen LogP contribution >= 0.6 is 11.6 Å². The van der Waals surface area contributed by atoms with Crippen LogP contribution in [0.4, 0.5) is 5.69 Å². The highest BCUT2D eigenvalue weighted by Gasteiger charge is 2.08. The number of hydrogen-bond donors (Lipinski definition) is 1. The van der Waals surface area contributed by atoms with Gasteiger partial charge in [0.1, 0.15) is 5.84 Å². The maximum atomic E-state index is 6.24. The van der Waals surface area contributed by atoms with Crippen molar-refractivity contribution in [3.05, 3.63) is 95.5 Å². The molecule has 126 valence electrons. The number of aromatic nitrogens is 1. The molecule has 0 saturated carbocycles. The minimum Gasteiger partial charge on any atom is -0.383 e. The van der Waals surface area contributed by atoms with Gasteiger partial charge in [0.2, 0.25) is 0 Å². The summed E-state index contributed by atoms with van der Waals surface area (Å²) in [6.45, 7) is 0. The zero-order valence-electron chi connectivity index (χ0n) is 13.9. The van der Waals surface area contributed by atoms with Crippen LogP contribution in [0.25, 0.3) is 22.2 Å². The normalized spacial score (nSPS) is 11.7. The Morgan fingerprint density at radius 2 is 1.54 bits per heavy atom. The van der Waals surface area contributed by atoms with Gasteiger partial charge in [0.05, 0.1) is 16.9 Å². The molecule has 0 aliphatic carbocycles. The lowest BCUT2D eigenvalue weighted by Gasteiger charge is -2.08. The molecule has 0 bridgehead atoms. The van der Waals surface area contributed by atoms with Crippen LogP contribution in [-0.4, -0.2) is 10.8 Å². The van der Waals surface area contributed by atoms with E-state index in [0.717, 1.165) is 33.4 Å². The van der Waals surface area contributed by atoms with E-state index >= 15 is 0 Å². The van der Waals surface area contributed by atoms with Gasteiger partial charge in [0.25, 0.3) is 0 Å². The van der Waals surface area contributed by atoms with Crippen molar-refractivity contribution in [3.8, 4) is 11.3 Å². The van der Waals surface area contributed by atoms with Crippen LogP contribution in [-0.2, 0) is 0 Å². The van der Waals surface area contributed by atoms with E-state index in [0.29, 0.717) is 10.9 Å². The summed E-state index contributed by atoms with van der Waals surface area (Å²) >= 11 is 6.00. The zero-order chi connectivity index (χ0) is 17.9. The van der Waals surface area contributed by atoms with E-state index in [1.165, 1.54) is 0 Å². The van der Waals surface area contributed by atoms with Crippen molar-refractivity contribution in [2.24, 2.45) is 10.7 Å². The van der Waals surface area contributed by atoms with Gasteiger partial charge < -0.3 is 5.73 Å². The van der Waals surface area contributed by atoms with Crippen molar-refractivity contribution >= 4 is 34.0 Å². The van der Waals surface area contributed by atoms with Crippen LogP contribution < -0.4 is 5.73 Å². The van der Waals surface area contributed by atoms with Crippen LogP contribution in [0.2, 0.25) is 5.02 Å². The molecule has 0 spiro atoms. The maximum Gasteiger partial charge on any atom is 0.131 e. The fourth-order valence-corrected chi connectivity index (χ4v) is 2.95. The molecule has 0 radical (unpaired) electrons. The third-order valence-corrected chi connectivity index (χ3v) is 4.40. The highest BCUT2D eigenvalue weighted by molar-refractivity contribution is 6.30. The summed E-state index contributed by atoms with van der Waals surface area (Å²) in [5.74, 6) is 0.476. The van der Waals surface area contributed by atoms with E-state index in [-0.39, 0.29) is 0 Å². The molecule has 3 nitrogen and oxygen atoms in total. The van der Waals surface area contributed by atoms with Gasteiger partial charge in [-0.1, -0.05) is 72.3 Å². The Hall–Kier alpha value is -3.17. The lowest BCUT2D eigenvalue weighted by Crippen LogP contribution is -2.12. The van der Waals surface area contributed by atoms with Crippen molar-refractivity contribution in [1.82, 2.24) is 4.98 Å².